The minimum absolute atomic E-state index is 0. The predicted molar refractivity (Wildman–Crippen MR) is 62.1 cm³/mol. The van der Waals surface area contributed by atoms with Crippen LogP contribution in [0, 0.1) is 0 Å². The van der Waals surface area contributed by atoms with Gasteiger partial charge in [-0.3, -0.25) is 9.97 Å². The van der Waals surface area contributed by atoms with Gasteiger partial charge >= 0.3 is 0 Å². The van der Waals surface area contributed by atoms with Crippen LogP contribution >= 0.6 is 12.4 Å². The highest BCUT2D eigenvalue weighted by Gasteiger charge is 2.17. The van der Waals surface area contributed by atoms with Gasteiger partial charge in [0.15, 0.2) is 0 Å². The third-order valence-corrected chi connectivity index (χ3v) is 2.57. The summed E-state index contributed by atoms with van der Waals surface area (Å²) in [5.41, 5.74) is 1.01. The quantitative estimate of drug-likeness (QED) is 0.808. The molecule has 1 aliphatic heterocycles. The number of hydrogen-bond donors (Lipinski definition) is 2. The molecule has 5 heteroatoms. The zero-order chi connectivity index (χ0) is 9.80. The summed E-state index contributed by atoms with van der Waals surface area (Å²) in [6.45, 7) is 4.30. The summed E-state index contributed by atoms with van der Waals surface area (Å²) in [6, 6.07) is 0.862. The fourth-order valence-electron chi connectivity index (χ4n) is 1.77. The second kappa shape index (κ2) is 6.00. The molecule has 1 unspecified atom stereocenters. The SMILES string of the molecule is CC(N[C@@H]1CCNC1)c1cnccn1.Cl. The van der Waals surface area contributed by atoms with Crippen LogP contribution in [0.4, 0.5) is 0 Å². The van der Waals surface area contributed by atoms with Gasteiger partial charge in [0.1, 0.15) is 0 Å². The van der Waals surface area contributed by atoms with E-state index in [4.69, 9.17) is 0 Å². The summed E-state index contributed by atoms with van der Waals surface area (Å²) in [7, 11) is 0. The lowest BCUT2D eigenvalue weighted by molar-refractivity contribution is 0.470. The number of hydrogen-bond acceptors (Lipinski definition) is 4. The van der Waals surface area contributed by atoms with Crippen LogP contribution in [-0.4, -0.2) is 29.1 Å². The van der Waals surface area contributed by atoms with Crippen LogP contribution in [-0.2, 0) is 0 Å². The van der Waals surface area contributed by atoms with Crippen LogP contribution in [0.15, 0.2) is 18.6 Å². The van der Waals surface area contributed by atoms with Crippen molar-refractivity contribution in [3.63, 3.8) is 0 Å². The fraction of sp³-hybridized carbons (Fsp3) is 0.600. The van der Waals surface area contributed by atoms with E-state index in [1.807, 2.05) is 6.20 Å². The maximum absolute atomic E-state index is 4.28. The van der Waals surface area contributed by atoms with Gasteiger partial charge in [-0.1, -0.05) is 0 Å². The van der Waals surface area contributed by atoms with Crippen molar-refractivity contribution in [3.05, 3.63) is 24.3 Å². The fourth-order valence-corrected chi connectivity index (χ4v) is 1.77. The van der Waals surface area contributed by atoms with Gasteiger partial charge < -0.3 is 10.6 Å². The third kappa shape index (κ3) is 3.41. The predicted octanol–water partition coefficient (Wildman–Crippen LogP) is 0.911. The molecule has 1 aromatic rings. The third-order valence-electron chi connectivity index (χ3n) is 2.57. The normalized spacial score (nSPS) is 22.1. The first kappa shape index (κ1) is 12.4. The minimum atomic E-state index is 0. The van der Waals surface area contributed by atoms with E-state index in [0.29, 0.717) is 6.04 Å². The molecule has 0 bridgehead atoms. The monoisotopic (exact) mass is 228 g/mol. The summed E-state index contributed by atoms with van der Waals surface area (Å²) >= 11 is 0. The molecule has 1 saturated heterocycles. The summed E-state index contributed by atoms with van der Waals surface area (Å²) in [5.74, 6) is 0. The van der Waals surface area contributed by atoms with Crippen LogP contribution in [0.5, 0.6) is 0 Å². The summed E-state index contributed by atoms with van der Waals surface area (Å²) in [4.78, 5) is 8.34. The Balaban J connectivity index is 0.00000112. The molecule has 84 valence electrons. The Morgan fingerprint density at radius 2 is 2.40 bits per heavy atom. The van der Waals surface area contributed by atoms with Gasteiger partial charge in [-0.25, -0.2) is 0 Å². The summed E-state index contributed by atoms with van der Waals surface area (Å²) < 4.78 is 0. The molecule has 0 spiro atoms. The number of nitrogens with one attached hydrogen (secondary N) is 2. The molecular weight excluding hydrogens is 212 g/mol. The molecular formula is C10H17ClN4. The first-order valence-corrected chi connectivity index (χ1v) is 5.09. The van der Waals surface area contributed by atoms with E-state index in [2.05, 4.69) is 27.5 Å². The van der Waals surface area contributed by atoms with Crippen LogP contribution in [0.3, 0.4) is 0 Å². The lowest BCUT2D eigenvalue weighted by Gasteiger charge is -2.17. The van der Waals surface area contributed by atoms with Crippen molar-refractivity contribution in [2.24, 2.45) is 0 Å². The Morgan fingerprint density at radius 3 is 3.00 bits per heavy atom. The Bertz CT molecular complexity index is 274. The zero-order valence-electron chi connectivity index (χ0n) is 8.81. The van der Waals surface area contributed by atoms with Gasteiger partial charge in [0.25, 0.3) is 0 Å². The van der Waals surface area contributed by atoms with E-state index in [0.717, 1.165) is 18.8 Å². The average Bonchev–Trinajstić information content (AvgIpc) is 2.72. The summed E-state index contributed by atoms with van der Waals surface area (Å²) in [5, 5.41) is 6.86. The highest BCUT2D eigenvalue weighted by atomic mass is 35.5. The van der Waals surface area contributed by atoms with E-state index >= 15 is 0 Å². The molecule has 2 heterocycles. The first-order chi connectivity index (χ1) is 6.86. The molecule has 2 rings (SSSR count). The molecule has 4 nitrogen and oxygen atoms in total. The molecule has 1 fully saturated rings. The Morgan fingerprint density at radius 1 is 1.53 bits per heavy atom. The van der Waals surface area contributed by atoms with E-state index in [1.165, 1.54) is 6.42 Å². The molecule has 0 saturated carbocycles. The van der Waals surface area contributed by atoms with Crippen molar-refractivity contribution in [2.45, 2.75) is 25.4 Å². The molecule has 2 atom stereocenters. The van der Waals surface area contributed by atoms with Gasteiger partial charge in [0, 0.05) is 37.2 Å². The summed E-state index contributed by atoms with van der Waals surface area (Å²) in [6.07, 6.45) is 6.46. The van der Waals surface area contributed by atoms with Crippen molar-refractivity contribution in [2.75, 3.05) is 13.1 Å². The van der Waals surface area contributed by atoms with Crippen molar-refractivity contribution in [3.8, 4) is 0 Å². The van der Waals surface area contributed by atoms with Gasteiger partial charge in [-0.05, 0) is 19.9 Å². The highest BCUT2D eigenvalue weighted by molar-refractivity contribution is 5.85. The van der Waals surface area contributed by atoms with Crippen molar-refractivity contribution in [1.82, 2.24) is 20.6 Å². The number of nitrogens with zero attached hydrogens (tertiary/aromatic N) is 2. The first-order valence-electron chi connectivity index (χ1n) is 5.09. The maximum Gasteiger partial charge on any atom is 0.0753 e. The molecule has 2 N–H and O–H groups in total. The largest absolute Gasteiger partial charge is 0.315 e. The number of rotatable bonds is 3. The molecule has 0 aliphatic carbocycles. The smallest absolute Gasteiger partial charge is 0.0753 e. The van der Waals surface area contributed by atoms with Gasteiger partial charge in [0.2, 0.25) is 0 Å². The molecule has 1 aliphatic rings. The van der Waals surface area contributed by atoms with Gasteiger partial charge in [-0.2, -0.15) is 0 Å². The maximum atomic E-state index is 4.28. The lowest BCUT2D eigenvalue weighted by Crippen LogP contribution is -2.33. The van der Waals surface area contributed by atoms with E-state index in [9.17, 15) is 0 Å². The van der Waals surface area contributed by atoms with E-state index in [1.54, 1.807) is 12.4 Å². The van der Waals surface area contributed by atoms with Crippen molar-refractivity contribution < 1.29 is 0 Å². The second-order valence-corrected chi connectivity index (χ2v) is 3.71. The van der Waals surface area contributed by atoms with Crippen molar-refractivity contribution in [1.29, 1.82) is 0 Å². The average molecular weight is 229 g/mol. The standard InChI is InChI=1S/C10H16N4.ClH/c1-8(10-7-12-4-5-13-10)14-9-2-3-11-6-9;/h4-5,7-9,11,14H,2-3,6H2,1H3;1H/t8?,9-;/m1./s1. The van der Waals surface area contributed by atoms with Gasteiger partial charge in [-0.15, -0.1) is 12.4 Å². The van der Waals surface area contributed by atoms with Crippen LogP contribution in [0.2, 0.25) is 0 Å². The number of halogens is 1. The molecule has 0 aromatic carbocycles. The lowest BCUT2D eigenvalue weighted by atomic mass is 10.2. The van der Waals surface area contributed by atoms with Gasteiger partial charge in [0.05, 0.1) is 5.69 Å². The zero-order valence-corrected chi connectivity index (χ0v) is 9.63. The Labute approximate surface area is 96.3 Å². The highest BCUT2D eigenvalue weighted by Crippen LogP contribution is 2.10. The Kier molecular flexibility index (Phi) is 4.94. The topological polar surface area (TPSA) is 49.8 Å². The molecule has 1 aromatic heterocycles. The van der Waals surface area contributed by atoms with Crippen LogP contribution in [0.1, 0.15) is 25.1 Å². The second-order valence-electron chi connectivity index (χ2n) is 3.71. The molecule has 0 amide bonds. The molecule has 15 heavy (non-hydrogen) atoms. The molecule has 0 radical (unpaired) electrons. The minimum Gasteiger partial charge on any atom is -0.315 e. The van der Waals surface area contributed by atoms with Crippen LogP contribution in [0.25, 0.3) is 0 Å². The van der Waals surface area contributed by atoms with E-state index < -0.39 is 0 Å². The van der Waals surface area contributed by atoms with Crippen LogP contribution < -0.4 is 10.6 Å². The van der Waals surface area contributed by atoms with E-state index in [-0.39, 0.29) is 18.4 Å². The van der Waals surface area contributed by atoms with Crippen molar-refractivity contribution >= 4 is 12.4 Å². The number of aromatic nitrogens is 2. The Hall–Kier alpha value is -0.710.